The van der Waals surface area contributed by atoms with Gasteiger partial charge in [-0.15, -0.1) is 0 Å². The summed E-state index contributed by atoms with van der Waals surface area (Å²) >= 11 is 0. The molecule has 0 saturated carbocycles. The lowest BCUT2D eigenvalue weighted by Gasteiger charge is -2.36. The third-order valence-corrected chi connectivity index (χ3v) is 9.19. The minimum absolute atomic E-state index is 0.321. The van der Waals surface area contributed by atoms with Gasteiger partial charge in [-0.1, -0.05) is 146 Å². The predicted molar refractivity (Wildman–Crippen MR) is 181 cm³/mol. The van der Waals surface area contributed by atoms with Gasteiger partial charge in [-0.05, 0) is 98.9 Å². The molecule has 5 atom stereocenters. The fourth-order valence-electron chi connectivity index (χ4n) is 6.34. The largest absolute Gasteiger partial charge is 0.0874 e. The smallest absolute Gasteiger partial charge is 0.00254 e. The van der Waals surface area contributed by atoms with Crippen molar-refractivity contribution in [2.24, 2.45) is 40.4 Å². The van der Waals surface area contributed by atoms with Crippen molar-refractivity contribution in [3.8, 4) is 0 Å². The van der Waals surface area contributed by atoms with Gasteiger partial charge in [-0.25, -0.2) is 0 Å². The molecule has 222 valence electrons. The maximum atomic E-state index is 2.47. The van der Waals surface area contributed by atoms with Gasteiger partial charge in [0.2, 0.25) is 0 Å². The Morgan fingerprint density at radius 2 is 1.38 bits per heavy atom. The van der Waals surface area contributed by atoms with E-state index in [-0.39, 0.29) is 0 Å². The summed E-state index contributed by atoms with van der Waals surface area (Å²) in [6.07, 6.45) is 39.2. The van der Waals surface area contributed by atoms with E-state index in [1.807, 2.05) is 0 Å². The van der Waals surface area contributed by atoms with Gasteiger partial charge in [0.05, 0.1) is 0 Å². The summed E-state index contributed by atoms with van der Waals surface area (Å²) in [4.78, 5) is 0. The van der Waals surface area contributed by atoms with Crippen molar-refractivity contribution >= 4 is 0 Å². The molecule has 40 heavy (non-hydrogen) atoms. The van der Waals surface area contributed by atoms with E-state index in [1.54, 1.807) is 16.7 Å². The first-order valence-corrected chi connectivity index (χ1v) is 16.2. The van der Waals surface area contributed by atoms with Crippen LogP contribution >= 0.6 is 0 Å². The lowest BCUT2D eigenvalue weighted by atomic mass is 9.68. The maximum absolute atomic E-state index is 2.47. The molecule has 4 unspecified atom stereocenters. The van der Waals surface area contributed by atoms with Crippen molar-refractivity contribution in [2.75, 3.05) is 0 Å². The van der Waals surface area contributed by atoms with Crippen LogP contribution in [-0.4, -0.2) is 0 Å². The summed E-state index contributed by atoms with van der Waals surface area (Å²) < 4.78 is 0. The average molecular weight is 543 g/mol. The molecule has 0 aromatic rings. The van der Waals surface area contributed by atoms with E-state index in [1.165, 1.54) is 32.1 Å². The highest BCUT2D eigenvalue weighted by atomic mass is 14.4. The SMILES string of the molecule is CC1=CCCC(C)(C)[C@H]1/C=C/C(C)C/C=C/C(C)/C=C/C=C/C(C)C/C=C/C(C)/C=C/C1=C(C)CCCC1(C)C. The second-order valence-corrected chi connectivity index (χ2v) is 14.4. The van der Waals surface area contributed by atoms with E-state index in [0.29, 0.717) is 40.4 Å². The van der Waals surface area contributed by atoms with Gasteiger partial charge < -0.3 is 0 Å². The van der Waals surface area contributed by atoms with Crippen molar-refractivity contribution < 1.29 is 0 Å². The topological polar surface area (TPSA) is 0 Å². The fraction of sp³-hybridized carbons (Fsp3) is 0.600. The van der Waals surface area contributed by atoms with E-state index >= 15 is 0 Å². The van der Waals surface area contributed by atoms with Crippen LogP contribution in [0.3, 0.4) is 0 Å². The van der Waals surface area contributed by atoms with Crippen LogP contribution in [0.2, 0.25) is 0 Å². The molecule has 0 aromatic carbocycles. The van der Waals surface area contributed by atoms with Crippen LogP contribution < -0.4 is 0 Å². The lowest BCUT2D eigenvalue weighted by molar-refractivity contribution is 0.255. The predicted octanol–water partition coefficient (Wildman–Crippen LogP) is 12.6. The number of hydrogen-bond donors (Lipinski definition) is 0. The molecule has 0 N–H and O–H groups in total. The fourth-order valence-corrected chi connectivity index (χ4v) is 6.34. The van der Waals surface area contributed by atoms with Crippen LogP contribution in [0.25, 0.3) is 0 Å². The van der Waals surface area contributed by atoms with Gasteiger partial charge in [-0.3, -0.25) is 0 Å². The molecule has 0 fully saturated rings. The second kappa shape index (κ2) is 16.4. The molecule has 2 aliphatic rings. The summed E-state index contributed by atoms with van der Waals surface area (Å²) in [5, 5.41) is 0. The van der Waals surface area contributed by atoms with E-state index in [2.05, 4.69) is 148 Å². The van der Waals surface area contributed by atoms with Crippen molar-refractivity contribution in [3.05, 3.63) is 95.7 Å². The van der Waals surface area contributed by atoms with Crippen molar-refractivity contribution in [1.29, 1.82) is 0 Å². The summed E-state index contributed by atoms with van der Waals surface area (Å²) in [5.41, 5.74) is 5.38. The van der Waals surface area contributed by atoms with Gasteiger partial charge in [0.25, 0.3) is 0 Å². The molecule has 0 bridgehead atoms. The van der Waals surface area contributed by atoms with E-state index in [4.69, 9.17) is 0 Å². The molecular formula is C40H62. The molecule has 0 aliphatic heterocycles. The van der Waals surface area contributed by atoms with Gasteiger partial charge >= 0.3 is 0 Å². The number of rotatable bonds is 13. The zero-order valence-electron chi connectivity index (χ0n) is 27.8. The quantitative estimate of drug-likeness (QED) is 0.160. The van der Waals surface area contributed by atoms with Crippen LogP contribution in [0.5, 0.6) is 0 Å². The summed E-state index contributed by atoms with van der Waals surface area (Å²) in [6.45, 7) is 23.4. The first-order chi connectivity index (χ1) is 18.8. The Morgan fingerprint density at radius 3 is 2.00 bits per heavy atom. The van der Waals surface area contributed by atoms with Crippen LogP contribution in [0, 0.1) is 40.4 Å². The highest BCUT2D eigenvalue weighted by Gasteiger charge is 2.30. The highest BCUT2D eigenvalue weighted by Crippen LogP contribution is 2.42. The number of allylic oxidation sites excluding steroid dienone is 16. The Bertz CT molecular complexity index is 1010. The second-order valence-electron chi connectivity index (χ2n) is 14.4. The molecule has 2 aliphatic carbocycles. The van der Waals surface area contributed by atoms with Gasteiger partial charge in [0.1, 0.15) is 0 Å². The minimum Gasteiger partial charge on any atom is -0.0874 e. The number of hydrogen-bond acceptors (Lipinski definition) is 0. The van der Waals surface area contributed by atoms with Crippen LogP contribution in [0.1, 0.15) is 114 Å². The summed E-state index contributed by atoms with van der Waals surface area (Å²) in [7, 11) is 0. The minimum atomic E-state index is 0.321. The molecule has 0 aromatic heterocycles. The van der Waals surface area contributed by atoms with E-state index in [9.17, 15) is 0 Å². The van der Waals surface area contributed by atoms with E-state index < -0.39 is 0 Å². The summed E-state index contributed by atoms with van der Waals surface area (Å²) in [6, 6.07) is 0. The highest BCUT2D eigenvalue weighted by molar-refractivity contribution is 5.33. The van der Waals surface area contributed by atoms with Crippen LogP contribution in [-0.2, 0) is 0 Å². The Hall–Kier alpha value is -2.08. The molecule has 0 spiro atoms. The van der Waals surface area contributed by atoms with Gasteiger partial charge in [-0.2, -0.15) is 0 Å². The molecule has 0 radical (unpaired) electrons. The molecule has 0 saturated heterocycles. The monoisotopic (exact) mass is 542 g/mol. The van der Waals surface area contributed by atoms with Crippen LogP contribution in [0.15, 0.2) is 95.7 Å². The molecule has 2 rings (SSSR count). The Balaban J connectivity index is 1.72. The molecule has 0 amide bonds. The first-order valence-electron chi connectivity index (χ1n) is 16.2. The Labute approximate surface area is 249 Å². The zero-order valence-corrected chi connectivity index (χ0v) is 27.8. The maximum Gasteiger partial charge on any atom is 0.00254 e. The van der Waals surface area contributed by atoms with Gasteiger partial charge in [0.15, 0.2) is 0 Å². The Morgan fingerprint density at radius 1 is 0.775 bits per heavy atom. The van der Waals surface area contributed by atoms with Crippen molar-refractivity contribution in [1.82, 2.24) is 0 Å². The third-order valence-electron chi connectivity index (χ3n) is 9.19. The van der Waals surface area contributed by atoms with Crippen molar-refractivity contribution in [2.45, 2.75) is 114 Å². The first kappa shape index (κ1) is 34.1. The summed E-state index contributed by atoms with van der Waals surface area (Å²) in [5.74, 6) is 2.63. The van der Waals surface area contributed by atoms with Crippen molar-refractivity contribution in [3.63, 3.8) is 0 Å². The molecular weight excluding hydrogens is 480 g/mol. The zero-order chi connectivity index (χ0) is 29.8. The molecule has 0 nitrogen and oxygen atoms in total. The average Bonchev–Trinajstić information content (AvgIpc) is 2.85. The lowest BCUT2D eigenvalue weighted by Crippen LogP contribution is -2.26. The van der Waals surface area contributed by atoms with Gasteiger partial charge in [0, 0.05) is 5.92 Å². The standard InChI is InChI=1S/C40H62/c1-31(19-13-21-33(3)25-27-37-35(5)23-15-29-39(37,7)8)17-11-12-18-32(2)20-14-22-34(4)26-28-38-36(6)24-16-30-40(38,9)10/h11-14,17-19,22-23,25-28,31-34,37H,15-16,20-21,24,29-30H2,1-10H3/b17-11+,18-12+,19-13+,22-14+,27-25+,28-26+/t31?,32?,33?,34?,37-/m0/s1. The third kappa shape index (κ3) is 11.8. The normalized spacial score (nSPS) is 25.1. The Kier molecular flexibility index (Phi) is 14.0. The molecule has 0 heteroatoms. The van der Waals surface area contributed by atoms with Crippen LogP contribution in [0.4, 0.5) is 0 Å². The van der Waals surface area contributed by atoms with E-state index in [0.717, 1.165) is 12.8 Å². The molecule has 0 heterocycles.